The monoisotopic (exact) mass is 273 g/mol. The molecule has 20 heavy (non-hydrogen) atoms. The number of benzene rings is 1. The van der Waals surface area contributed by atoms with Crippen molar-refractivity contribution < 1.29 is 9.63 Å². The number of carbonyl (C=O) groups excluding carboxylic acids is 1. The average molecular weight is 273 g/mol. The second-order valence-electron chi connectivity index (χ2n) is 5.36. The van der Waals surface area contributed by atoms with Crippen LogP contribution in [0, 0.1) is 6.92 Å². The van der Waals surface area contributed by atoms with Crippen molar-refractivity contribution in [3.05, 3.63) is 35.0 Å². The molecule has 0 radical (unpaired) electrons. The highest BCUT2D eigenvalue weighted by atomic mass is 16.7. The number of piperidine rings is 1. The van der Waals surface area contributed by atoms with Crippen LogP contribution in [0.5, 0.6) is 0 Å². The number of nitrogens with one attached hydrogen (secondary N) is 2. The highest BCUT2D eigenvalue weighted by Crippen LogP contribution is 2.30. The molecule has 1 aromatic heterocycles. The molecule has 0 bridgehead atoms. The Bertz CT molecular complexity index is 642. The number of carbonyl (C=O) groups is 1. The maximum absolute atomic E-state index is 11.6. The van der Waals surface area contributed by atoms with Gasteiger partial charge >= 0.3 is 5.97 Å². The van der Waals surface area contributed by atoms with E-state index >= 15 is 0 Å². The fourth-order valence-corrected chi connectivity index (χ4v) is 3.02. The Hall–Kier alpha value is -1.85. The summed E-state index contributed by atoms with van der Waals surface area (Å²) in [6.07, 6.45) is 2.32. The van der Waals surface area contributed by atoms with E-state index in [1.807, 2.05) is 13.0 Å². The summed E-state index contributed by atoms with van der Waals surface area (Å²) in [6, 6.07) is 6.36. The maximum Gasteiger partial charge on any atom is 0.373 e. The zero-order valence-corrected chi connectivity index (χ0v) is 11.5. The minimum atomic E-state index is -0.526. The van der Waals surface area contributed by atoms with Crippen molar-refractivity contribution in [1.29, 1.82) is 0 Å². The van der Waals surface area contributed by atoms with Crippen molar-refractivity contribution in [3.63, 3.8) is 0 Å². The SMILES string of the molecule is Cc1c(C(=O)ON)[nH]c2ccc(C3CCNCC3)cc12. The molecule has 4 N–H and O–H groups in total. The number of hydrogen-bond acceptors (Lipinski definition) is 4. The van der Waals surface area contributed by atoms with Gasteiger partial charge in [-0.1, -0.05) is 6.07 Å². The normalized spacial score (nSPS) is 16.5. The van der Waals surface area contributed by atoms with E-state index in [0.717, 1.165) is 42.4 Å². The lowest BCUT2D eigenvalue weighted by Gasteiger charge is -2.23. The zero-order chi connectivity index (χ0) is 14.1. The fourth-order valence-electron chi connectivity index (χ4n) is 3.02. The van der Waals surface area contributed by atoms with Crippen molar-refractivity contribution in [2.24, 2.45) is 5.90 Å². The number of aryl methyl sites for hydroxylation is 1. The first-order valence-corrected chi connectivity index (χ1v) is 6.94. The van der Waals surface area contributed by atoms with Gasteiger partial charge < -0.3 is 15.1 Å². The minimum Gasteiger partial charge on any atom is -0.369 e. The number of H-pyrrole nitrogens is 1. The van der Waals surface area contributed by atoms with Gasteiger partial charge in [0.25, 0.3) is 0 Å². The van der Waals surface area contributed by atoms with E-state index < -0.39 is 5.97 Å². The summed E-state index contributed by atoms with van der Waals surface area (Å²) in [6.45, 7) is 4.05. The second-order valence-corrected chi connectivity index (χ2v) is 5.36. The second kappa shape index (κ2) is 5.26. The van der Waals surface area contributed by atoms with E-state index in [4.69, 9.17) is 5.90 Å². The van der Waals surface area contributed by atoms with Crippen LogP contribution in [0.4, 0.5) is 0 Å². The number of aromatic nitrogens is 1. The van der Waals surface area contributed by atoms with Crippen LogP contribution >= 0.6 is 0 Å². The maximum atomic E-state index is 11.6. The van der Waals surface area contributed by atoms with Crippen LogP contribution in [-0.2, 0) is 4.84 Å². The molecule has 3 rings (SSSR count). The Kier molecular flexibility index (Phi) is 3.46. The molecule has 2 aromatic rings. The first kappa shape index (κ1) is 13.1. The van der Waals surface area contributed by atoms with E-state index in [2.05, 4.69) is 27.3 Å². The highest BCUT2D eigenvalue weighted by molar-refractivity contribution is 5.98. The third kappa shape index (κ3) is 2.19. The van der Waals surface area contributed by atoms with Gasteiger partial charge in [-0.2, -0.15) is 5.90 Å². The fraction of sp³-hybridized carbons (Fsp3) is 0.400. The van der Waals surface area contributed by atoms with Crippen LogP contribution in [0.1, 0.15) is 40.4 Å². The van der Waals surface area contributed by atoms with Gasteiger partial charge in [-0.25, -0.2) is 4.79 Å². The first-order chi connectivity index (χ1) is 9.70. The van der Waals surface area contributed by atoms with Gasteiger partial charge in [0.2, 0.25) is 0 Å². The molecule has 0 amide bonds. The van der Waals surface area contributed by atoms with Crippen molar-refractivity contribution in [3.8, 4) is 0 Å². The zero-order valence-electron chi connectivity index (χ0n) is 11.5. The molecule has 5 nitrogen and oxygen atoms in total. The molecule has 1 fully saturated rings. The predicted octanol–water partition coefficient (Wildman–Crippen LogP) is 1.97. The van der Waals surface area contributed by atoms with E-state index in [-0.39, 0.29) is 0 Å². The molecule has 106 valence electrons. The first-order valence-electron chi connectivity index (χ1n) is 6.94. The summed E-state index contributed by atoms with van der Waals surface area (Å²) in [5.74, 6) is 5.04. The number of hydrogen-bond donors (Lipinski definition) is 3. The summed E-state index contributed by atoms with van der Waals surface area (Å²) < 4.78 is 0. The smallest absolute Gasteiger partial charge is 0.369 e. The lowest BCUT2D eigenvalue weighted by molar-refractivity contribution is 0.0497. The van der Waals surface area contributed by atoms with Crippen molar-refractivity contribution in [2.75, 3.05) is 13.1 Å². The molecule has 1 aliphatic rings. The lowest BCUT2D eigenvalue weighted by atomic mass is 9.89. The number of aromatic amines is 1. The molecule has 0 saturated carbocycles. The molecule has 0 unspecified atom stereocenters. The van der Waals surface area contributed by atoms with Gasteiger partial charge in [0, 0.05) is 10.9 Å². The summed E-state index contributed by atoms with van der Waals surface area (Å²) >= 11 is 0. The van der Waals surface area contributed by atoms with Crippen molar-refractivity contribution >= 4 is 16.9 Å². The predicted molar refractivity (Wildman–Crippen MR) is 77.5 cm³/mol. The Morgan fingerprint density at radius 3 is 2.80 bits per heavy atom. The van der Waals surface area contributed by atoms with Crippen LogP contribution in [-0.4, -0.2) is 24.0 Å². The summed E-state index contributed by atoms with van der Waals surface area (Å²) in [5, 5.41) is 4.45. The van der Waals surface area contributed by atoms with Crippen LogP contribution in [0.2, 0.25) is 0 Å². The topological polar surface area (TPSA) is 80.1 Å². The average Bonchev–Trinajstić information content (AvgIpc) is 2.84. The summed E-state index contributed by atoms with van der Waals surface area (Å²) in [5.41, 5.74) is 3.62. The third-order valence-electron chi connectivity index (χ3n) is 4.20. The van der Waals surface area contributed by atoms with Crippen LogP contribution in [0.3, 0.4) is 0 Å². The highest BCUT2D eigenvalue weighted by Gasteiger charge is 2.19. The van der Waals surface area contributed by atoms with Gasteiger partial charge in [0.15, 0.2) is 0 Å². The molecule has 0 spiro atoms. The molecule has 1 aliphatic heterocycles. The molecule has 0 atom stereocenters. The quantitative estimate of drug-likeness (QED) is 0.731. The lowest BCUT2D eigenvalue weighted by Crippen LogP contribution is -2.26. The number of rotatable bonds is 2. The largest absolute Gasteiger partial charge is 0.373 e. The van der Waals surface area contributed by atoms with Gasteiger partial charge in [-0.05, 0) is 62.0 Å². The number of fused-ring (bicyclic) bond motifs is 1. The molecule has 0 aliphatic carbocycles. The van der Waals surface area contributed by atoms with Crippen LogP contribution in [0.25, 0.3) is 10.9 Å². The Morgan fingerprint density at radius 1 is 1.35 bits per heavy atom. The van der Waals surface area contributed by atoms with E-state index in [0.29, 0.717) is 11.6 Å². The van der Waals surface area contributed by atoms with Gasteiger partial charge in [-0.3, -0.25) is 0 Å². The molecule has 1 saturated heterocycles. The van der Waals surface area contributed by atoms with Crippen LogP contribution in [0.15, 0.2) is 18.2 Å². The molecule has 2 heterocycles. The number of nitrogens with two attached hydrogens (primary N) is 1. The molecule has 1 aromatic carbocycles. The van der Waals surface area contributed by atoms with E-state index in [1.54, 1.807) is 0 Å². The van der Waals surface area contributed by atoms with Gasteiger partial charge in [0.1, 0.15) is 5.69 Å². The molecule has 5 heteroatoms. The third-order valence-corrected chi connectivity index (χ3v) is 4.20. The standard InChI is InChI=1S/C15H19N3O2/c1-9-12-8-11(10-4-6-17-7-5-10)2-3-13(12)18-14(9)15(19)20-16/h2-3,8,10,17-18H,4-7,16H2,1H3. The van der Waals surface area contributed by atoms with Crippen molar-refractivity contribution in [2.45, 2.75) is 25.7 Å². The summed E-state index contributed by atoms with van der Waals surface area (Å²) in [7, 11) is 0. The van der Waals surface area contributed by atoms with Gasteiger partial charge in [-0.15, -0.1) is 0 Å². The van der Waals surface area contributed by atoms with E-state index in [1.165, 1.54) is 5.56 Å². The Labute approximate surface area is 117 Å². The Balaban J connectivity index is 2.01. The van der Waals surface area contributed by atoms with Crippen LogP contribution < -0.4 is 11.2 Å². The van der Waals surface area contributed by atoms with Crippen molar-refractivity contribution in [1.82, 2.24) is 10.3 Å². The van der Waals surface area contributed by atoms with E-state index in [9.17, 15) is 4.79 Å². The summed E-state index contributed by atoms with van der Waals surface area (Å²) in [4.78, 5) is 19.0. The molecular weight excluding hydrogens is 254 g/mol. The Morgan fingerprint density at radius 2 is 2.10 bits per heavy atom. The molecular formula is C15H19N3O2. The van der Waals surface area contributed by atoms with Gasteiger partial charge in [0.05, 0.1) is 0 Å². The minimum absolute atomic E-state index is 0.435.